The fourth-order valence-corrected chi connectivity index (χ4v) is 1.75. The average Bonchev–Trinajstić information content (AvgIpc) is 2.56. The summed E-state index contributed by atoms with van der Waals surface area (Å²) < 4.78 is 0. The third kappa shape index (κ3) is 8.37. The minimum atomic E-state index is -0.898. The number of rotatable bonds is 8. The largest absolute Gasteiger partial charge is 0.480 e. The van der Waals surface area contributed by atoms with Crippen molar-refractivity contribution in [3.63, 3.8) is 0 Å². The van der Waals surface area contributed by atoms with E-state index in [0.717, 1.165) is 17.6 Å². The van der Waals surface area contributed by atoms with Gasteiger partial charge in [-0.25, -0.2) is 4.79 Å². The van der Waals surface area contributed by atoms with E-state index >= 15 is 0 Å². The van der Waals surface area contributed by atoms with Crippen LogP contribution in [0.5, 0.6) is 0 Å². The minimum Gasteiger partial charge on any atom is -0.480 e. The second-order valence-corrected chi connectivity index (χ2v) is 4.55. The molecule has 0 spiro atoms. The van der Waals surface area contributed by atoms with Gasteiger partial charge >= 0.3 is 5.97 Å². The van der Waals surface area contributed by atoms with Crippen molar-refractivity contribution in [1.29, 1.82) is 0 Å². The van der Waals surface area contributed by atoms with Crippen LogP contribution in [-0.4, -0.2) is 29.9 Å². The number of hydrogen-bond acceptors (Lipinski definition) is 3. The van der Waals surface area contributed by atoms with Crippen molar-refractivity contribution in [2.24, 2.45) is 10.7 Å². The van der Waals surface area contributed by atoms with E-state index in [9.17, 15) is 4.79 Å². The standard InChI is InChI=1S/C16H22N2O2.C2H6/c1-2-13(11-14-7-4-3-5-8-14)12-18-15(16(19)20)9-6-10-17;1-2/h3-5,7-8,11-12,15H,2,6,9-10,17H2,1H3,(H,19,20);1-2H3/b13-11+,18-12?;. The van der Waals surface area contributed by atoms with Crippen molar-refractivity contribution >= 4 is 18.3 Å². The van der Waals surface area contributed by atoms with E-state index in [4.69, 9.17) is 10.8 Å². The smallest absolute Gasteiger partial charge is 0.328 e. The molecule has 1 aromatic rings. The first kappa shape index (κ1) is 20.1. The first-order valence-electron chi connectivity index (χ1n) is 7.89. The molecule has 0 aromatic heterocycles. The molecule has 0 radical (unpaired) electrons. The number of nitrogens with two attached hydrogens (primary N) is 1. The van der Waals surface area contributed by atoms with Crippen LogP contribution in [0.3, 0.4) is 0 Å². The highest BCUT2D eigenvalue weighted by Crippen LogP contribution is 2.09. The van der Waals surface area contributed by atoms with E-state index in [1.807, 2.05) is 57.2 Å². The number of aliphatic imine (C=N–C) groups is 1. The van der Waals surface area contributed by atoms with Gasteiger partial charge in [-0.05, 0) is 36.9 Å². The maximum absolute atomic E-state index is 11.1. The first-order chi connectivity index (χ1) is 10.7. The molecule has 0 aliphatic rings. The first-order valence-corrected chi connectivity index (χ1v) is 7.89. The molecule has 22 heavy (non-hydrogen) atoms. The van der Waals surface area contributed by atoms with Crippen molar-refractivity contribution in [3.05, 3.63) is 41.5 Å². The van der Waals surface area contributed by atoms with Gasteiger partial charge in [-0.1, -0.05) is 57.2 Å². The molecule has 0 fully saturated rings. The molecule has 1 unspecified atom stereocenters. The molecular weight excluding hydrogens is 276 g/mol. The van der Waals surface area contributed by atoms with Gasteiger partial charge in [0.1, 0.15) is 6.04 Å². The summed E-state index contributed by atoms with van der Waals surface area (Å²) in [5, 5.41) is 9.10. The van der Waals surface area contributed by atoms with Crippen LogP contribution >= 0.6 is 0 Å². The minimum absolute atomic E-state index is 0.477. The summed E-state index contributed by atoms with van der Waals surface area (Å²) in [6.45, 7) is 6.51. The fraction of sp³-hybridized carbons (Fsp3) is 0.444. The Balaban J connectivity index is 0.00000211. The summed E-state index contributed by atoms with van der Waals surface area (Å²) in [6, 6.07) is 9.21. The number of nitrogens with zero attached hydrogens (tertiary/aromatic N) is 1. The van der Waals surface area contributed by atoms with Crippen LogP contribution in [0.25, 0.3) is 6.08 Å². The number of aliphatic carboxylic acids is 1. The van der Waals surface area contributed by atoms with Crippen molar-refractivity contribution in [2.75, 3.05) is 6.54 Å². The van der Waals surface area contributed by atoms with E-state index in [2.05, 4.69) is 4.99 Å². The molecule has 4 nitrogen and oxygen atoms in total. The predicted octanol–water partition coefficient (Wildman–Crippen LogP) is 3.77. The molecule has 0 saturated carbocycles. The summed E-state index contributed by atoms with van der Waals surface area (Å²) in [6.07, 6.45) is 5.64. The van der Waals surface area contributed by atoms with Gasteiger partial charge in [0.2, 0.25) is 0 Å². The van der Waals surface area contributed by atoms with Gasteiger partial charge in [-0.15, -0.1) is 0 Å². The maximum Gasteiger partial charge on any atom is 0.328 e. The Hall–Kier alpha value is -1.94. The molecule has 1 atom stereocenters. The van der Waals surface area contributed by atoms with Crippen LogP contribution in [0.2, 0.25) is 0 Å². The highest BCUT2D eigenvalue weighted by atomic mass is 16.4. The van der Waals surface area contributed by atoms with Crippen LogP contribution in [0.15, 0.2) is 40.9 Å². The molecule has 0 saturated heterocycles. The van der Waals surface area contributed by atoms with E-state index in [0.29, 0.717) is 19.4 Å². The fourth-order valence-electron chi connectivity index (χ4n) is 1.75. The molecule has 0 aliphatic heterocycles. The molecule has 122 valence electrons. The number of benzene rings is 1. The average molecular weight is 304 g/mol. The Morgan fingerprint density at radius 1 is 1.32 bits per heavy atom. The third-order valence-electron chi connectivity index (χ3n) is 2.95. The van der Waals surface area contributed by atoms with Crippen LogP contribution in [0, 0.1) is 0 Å². The normalized spacial score (nSPS) is 12.6. The van der Waals surface area contributed by atoms with Crippen molar-refractivity contribution in [1.82, 2.24) is 0 Å². The summed E-state index contributed by atoms with van der Waals surface area (Å²) in [7, 11) is 0. The number of carboxylic acid groups (broad SMARTS) is 1. The molecule has 4 heteroatoms. The zero-order valence-electron chi connectivity index (χ0n) is 13.8. The second kappa shape index (κ2) is 12.8. The van der Waals surface area contributed by atoms with Crippen molar-refractivity contribution < 1.29 is 9.90 Å². The van der Waals surface area contributed by atoms with E-state index < -0.39 is 12.0 Å². The SMILES string of the molecule is CC.CC/C(C=NC(CCCN)C(=O)O)=C\c1ccccc1. The lowest BCUT2D eigenvalue weighted by Crippen LogP contribution is -2.19. The van der Waals surface area contributed by atoms with Gasteiger partial charge in [-0.3, -0.25) is 4.99 Å². The van der Waals surface area contributed by atoms with Crippen LogP contribution in [0.4, 0.5) is 0 Å². The van der Waals surface area contributed by atoms with E-state index in [1.54, 1.807) is 6.21 Å². The highest BCUT2D eigenvalue weighted by Gasteiger charge is 2.14. The second-order valence-electron chi connectivity index (χ2n) is 4.55. The van der Waals surface area contributed by atoms with Gasteiger partial charge in [0.25, 0.3) is 0 Å². The van der Waals surface area contributed by atoms with E-state index in [-0.39, 0.29) is 0 Å². The summed E-state index contributed by atoms with van der Waals surface area (Å²) in [4.78, 5) is 15.3. The Morgan fingerprint density at radius 2 is 1.95 bits per heavy atom. The molecule has 0 bridgehead atoms. The molecule has 1 aromatic carbocycles. The predicted molar refractivity (Wildman–Crippen MR) is 94.3 cm³/mol. The number of carbonyl (C=O) groups is 1. The lowest BCUT2D eigenvalue weighted by Gasteiger charge is -2.06. The van der Waals surface area contributed by atoms with Gasteiger partial charge < -0.3 is 10.8 Å². The lowest BCUT2D eigenvalue weighted by molar-refractivity contribution is -0.138. The zero-order valence-corrected chi connectivity index (χ0v) is 13.8. The molecule has 3 N–H and O–H groups in total. The van der Waals surface area contributed by atoms with Crippen LogP contribution in [0.1, 0.15) is 45.6 Å². The van der Waals surface area contributed by atoms with Gasteiger partial charge in [0.05, 0.1) is 0 Å². The van der Waals surface area contributed by atoms with Gasteiger partial charge in [-0.2, -0.15) is 0 Å². The Bertz CT molecular complexity index is 467. The molecule has 1 rings (SSSR count). The van der Waals surface area contributed by atoms with Crippen LogP contribution in [-0.2, 0) is 4.79 Å². The van der Waals surface area contributed by atoms with Crippen molar-refractivity contribution in [2.45, 2.75) is 46.1 Å². The van der Waals surface area contributed by atoms with E-state index in [1.165, 1.54) is 0 Å². The monoisotopic (exact) mass is 304 g/mol. The third-order valence-corrected chi connectivity index (χ3v) is 2.95. The molecule has 0 amide bonds. The topological polar surface area (TPSA) is 75.7 Å². The number of allylic oxidation sites excluding steroid dienone is 1. The summed E-state index contributed by atoms with van der Waals surface area (Å²) >= 11 is 0. The zero-order chi connectivity index (χ0) is 16.8. The lowest BCUT2D eigenvalue weighted by atomic mass is 10.1. The Kier molecular flexibility index (Phi) is 11.6. The molecular formula is C18H28N2O2. The Labute approximate surface area is 133 Å². The highest BCUT2D eigenvalue weighted by molar-refractivity contribution is 5.87. The Morgan fingerprint density at radius 3 is 2.45 bits per heavy atom. The van der Waals surface area contributed by atoms with Crippen molar-refractivity contribution in [3.8, 4) is 0 Å². The van der Waals surface area contributed by atoms with Crippen LogP contribution < -0.4 is 5.73 Å². The summed E-state index contributed by atoms with van der Waals surface area (Å²) in [5.74, 6) is -0.898. The number of hydrogen-bond donors (Lipinski definition) is 2. The molecule has 0 heterocycles. The van der Waals surface area contributed by atoms with Gasteiger partial charge in [0, 0.05) is 6.21 Å². The quantitative estimate of drug-likeness (QED) is 0.718. The number of carboxylic acids is 1. The van der Waals surface area contributed by atoms with Gasteiger partial charge in [0.15, 0.2) is 0 Å². The maximum atomic E-state index is 11.1. The molecule has 0 aliphatic carbocycles. The summed E-state index contributed by atoms with van der Waals surface area (Å²) in [5.41, 5.74) is 7.50.